The van der Waals surface area contributed by atoms with E-state index in [0.717, 1.165) is 24.8 Å². The normalized spacial score (nSPS) is 23.3. The van der Waals surface area contributed by atoms with Gasteiger partial charge in [-0.3, -0.25) is 9.59 Å². The Bertz CT molecular complexity index is 1120. The number of rotatable bonds is 3. The second-order valence-electron chi connectivity index (χ2n) is 7.90. The number of carbonyl (C=O) groups is 1. The summed E-state index contributed by atoms with van der Waals surface area (Å²) in [6, 6.07) is 12.6. The maximum Gasteiger partial charge on any atom is 0.274 e. The molecule has 8 heteroatoms. The van der Waals surface area contributed by atoms with Crippen molar-refractivity contribution in [3.63, 3.8) is 0 Å². The van der Waals surface area contributed by atoms with Crippen molar-refractivity contribution < 1.29 is 9.32 Å². The number of aromatic nitrogens is 4. The van der Waals surface area contributed by atoms with E-state index in [1.54, 1.807) is 7.05 Å². The van der Waals surface area contributed by atoms with E-state index in [2.05, 4.69) is 10.3 Å². The minimum Gasteiger partial charge on any atom is -0.338 e. The van der Waals surface area contributed by atoms with E-state index in [1.807, 2.05) is 35.2 Å². The molecule has 0 bridgehead atoms. The number of hydrogen-bond acceptors (Lipinski definition) is 6. The molecule has 1 aliphatic carbocycles. The summed E-state index contributed by atoms with van der Waals surface area (Å²) in [6.07, 6.45) is 3.01. The molecule has 8 nitrogen and oxygen atoms in total. The Morgan fingerprint density at radius 1 is 1.21 bits per heavy atom. The van der Waals surface area contributed by atoms with Crippen LogP contribution in [-0.2, 0) is 12.5 Å². The van der Waals surface area contributed by atoms with Gasteiger partial charge in [0.25, 0.3) is 11.5 Å². The van der Waals surface area contributed by atoms with E-state index < -0.39 is 0 Å². The fraction of sp³-hybridized carbons (Fsp3) is 0.381. The van der Waals surface area contributed by atoms with Crippen LogP contribution >= 0.6 is 0 Å². The van der Waals surface area contributed by atoms with Crippen molar-refractivity contribution >= 4 is 5.91 Å². The highest BCUT2D eigenvalue weighted by molar-refractivity contribution is 5.92. The van der Waals surface area contributed by atoms with Gasteiger partial charge in [0.1, 0.15) is 5.69 Å². The van der Waals surface area contributed by atoms with Gasteiger partial charge in [0.05, 0.1) is 5.41 Å². The van der Waals surface area contributed by atoms with Gasteiger partial charge in [-0.1, -0.05) is 41.9 Å². The van der Waals surface area contributed by atoms with Crippen molar-refractivity contribution in [3.8, 4) is 11.4 Å². The molecule has 1 aromatic carbocycles. The number of aryl methyl sites for hydroxylation is 1. The summed E-state index contributed by atoms with van der Waals surface area (Å²) >= 11 is 0. The van der Waals surface area contributed by atoms with E-state index in [4.69, 9.17) is 9.51 Å². The number of carbonyl (C=O) groups excluding carboxylic acids is 1. The lowest BCUT2D eigenvalue weighted by Gasteiger charge is -2.24. The van der Waals surface area contributed by atoms with Crippen molar-refractivity contribution in [1.29, 1.82) is 0 Å². The molecule has 3 aromatic rings. The van der Waals surface area contributed by atoms with Crippen molar-refractivity contribution in [1.82, 2.24) is 24.8 Å². The van der Waals surface area contributed by atoms with E-state index >= 15 is 0 Å². The molecule has 0 spiro atoms. The highest BCUT2D eigenvalue weighted by atomic mass is 16.5. The Morgan fingerprint density at radius 3 is 2.83 bits per heavy atom. The van der Waals surface area contributed by atoms with Crippen LogP contribution in [0.25, 0.3) is 11.4 Å². The van der Waals surface area contributed by atoms with E-state index in [9.17, 15) is 9.59 Å². The molecule has 2 aromatic heterocycles. The molecule has 0 unspecified atom stereocenters. The number of hydrogen-bond donors (Lipinski definition) is 0. The van der Waals surface area contributed by atoms with Gasteiger partial charge in [0, 0.05) is 31.8 Å². The molecule has 2 fully saturated rings. The first-order valence-electron chi connectivity index (χ1n) is 9.80. The molecule has 3 heterocycles. The lowest BCUT2D eigenvalue weighted by atomic mass is 9.80. The number of amides is 1. The minimum absolute atomic E-state index is 0.169. The molecule has 2 atom stereocenters. The second kappa shape index (κ2) is 6.65. The first-order chi connectivity index (χ1) is 14.1. The number of likely N-dealkylation sites (tertiary alicyclic amines) is 1. The Morgan fingerprint density at radius 2 is 2.03 bits per heavy atom. The van der Waals surface area contributed by atoms with Gasteiger partial charge < -0.3 is 9.42 Å². The number of nitrogens with zero attached hydrogens (tertiary/aromatic N) is 5. The van der Waals surface area contributed by atoms with Crippen molar-refractivity contribution in [2.24, 2.45) is 13.0 Å². The lowest BCUT2D eigenvalue weighted by Crippen LogP contribution is -2.36. The Kier molecular flexibility index (Phi) is 4.08. The van der Waals surface area contributed by atoms with E-state index in [1.165, 1.54) is 16.8 Å². The van der Waals surface area contributed by atoms with Crippen LogP contribution in [0.15, 0.2) is 51.8 Å². The maximum absolute atomic E-state index is 13.0. The Labute approximate surface area is 167 Å². The van der Waals surface area contributed by atoms with E-state index in [0.29, 0.717) is 24.8 Å². The molecule has 1 aliphatic heterocycles. The predicted octanol–water partition coefficient (Wildman–Crippen LogP) is 2.02. The molecule has 0 N–H and O–H groups in total. The molecular formula is C21H21N5O3. The quantitative estimate of drug-likeness (QED) is 0.678. The molecule has 1 saturated carbocycles. The van der Waals surface area contributed by atoms with Crippen LogP contribution in [-0.4, -0.2) is 43.8 Å². The van der Waals surface area contributed by atoms with Gasteiger partial charge in [-0.2, -0.15) is 10.1 Å². The zero-order valence-corrected chi connectivity index (χ0v) is 16.1. The van der Waals surface area contributed by atoms with Crippen LogP contribution in [0.2, 0.25) is 0 Å². The Hall–Kier alpha value is -3.29. The molecule has 0 radical (unpaired) electrons. The van der Waals surface area contributed by atoms with Crippen molar-refractivity contribution in [2.75, 3.05) is 13.1 Å². The number of benzene rings is 1. The standard InChI is InChI=1S/C21H21N5O3/c1-25-17(27)10-9-16(23-25)19(28)26-12-15-8-5-11-21(15,13-26)20-22-18(24-29-20)14-6-3-2-4-7-14/h2-4,6-7,9-10,15H,5,8,11-13H2,1H3/t15-,21-/m1/s1. The largest absolute Gasteiger partial charge is 0.338 e. The zero-order chi connectivity index (χ0) is 20.0. The fourth-order valence-electron chi connectivity index (χ4n) is 4.70. The molecular weight excluding hydrogens is 370 g/mol. The smallest absolute Gasteiger partial charge is 0.274 e. The van der Waals surface area contributed by atoms with Gasteiger partial charge in [-0.15, -0.1) is 0 Å². The summed E-state index contributed by atoms with van der Waals surface area (Å²) in [5.41, 5.74) is 0.637. The van der Waals surface area contributed by atoms with Crippen LogP contribution in [0.5, 0.6) is 0 Å². The van der Waals surface area contributed by atoms with Crippen LogP contribution in [0.4, 0.5) is 0 Å². The van der Waals surface area contributed by atoms with Crippen LogP contribution in [0, 0.1) is 5.92 Å². The summed E-state index contributed by atoms with van der Waals surface area (Å²) in [4.78, 5) is 31.1. The molecule has 148 valence electrons. The fourth-order valence-corrected chi connectivity index (χ4v) is 4.70. The topological polar surface area (TPSA) is 94.1 Å². The molecule has 2 aliphatic rings. The third kappa shape index (κ3) is 2.86. The van der Waals surface area contributed by atoms with Crippen LogP contribution < -0.4 is 5.56 Å². The van der Waals surface area contributed by atoms with Gasteiger partial charge >= 0.3 is 0 Å². The molecule has 5 rings (SSSR count). The predicted molar refractivity (Wildman–Crippen MR) is 104 cm³/mol. The van der Waals surface area contributed by atoms with Crippen molar-refractivity contribution in [3.05, 3.63) is 64.4 Å². The highest BCUT2D eigenvalue weighted by Crippen LogP contribution is 2.50. The lowest BCUT2D eigenvalue weighted by molar-refractivity contribution is 0.0766. The zero-order valence-electron chi connectivity index (χ0n) is 16.1. The van der Waals surface area contributed by atoms with Gasteiger partial charge in [0.2, 0.25) is 11.7 Å². The first kappa shape index (κ1) is 17.8. The monoisotopic (exact) mass is 391 g/mol. The average Bonchev–Trinajstić information content (AvgIpc) is 3.44. The maximum atomic E-state index is 13.0. The number of fused-ring (bicyclic) bond motifs is 1. The highest BCUT2D eigenvalue weighted by Gasteiger charge is 2.55. The SMILES string of the molecule is Cn1nc(C(=O)N2C[C@H]3CCC[C@@]3(c3nc(-c4ccccc4)no3)C2)ccc1=O. The van der Waals surface area contributed by atoms with Gasteiger partial charge in [-0.05, 0) is 24.8 Å². The first-order valence-corrected chi connectivity index (χ1v) is 9.80. The van der Waals surface area contributed by atoms with Crippen LogP contribution in [0.1, 0.15) is 35.6 Å². The molecule has 1 amide bonds. The van der Waals surface area contributed by atoms with E-state index in [-0.39, 0.29) is 28.5 Å². The molecule has 29 heavy (non-hydrogen) atoms. The van der Waals surface area contributed by atoms with Crippen molar-refractivity contribution in [2.45, 2.75) is 24.7 Å². The summed E-state index contributed by atoms with van der Waals surface area (Å²) in [5, 5.41) is 8.31. The minimum atomic E-state index is -0.309. The molecule has 1 saturated heterocycles. The van der Waals surface area contributed by atoms with Gasteiger partial charge in [-0.25, -0.2) is 4.68 Å². The van der Waals surface area contributed by atoms with Crippen LogP contribution in [0.3, 0.4) is 0 Å². The third-order valence-corrected chi connectivity index (χ3v) is 6.22. The summed E-state index contributed by atoms with van der Waals surface area (Å²) in [6.45, 7) is 1.16. The average molecular weight is 391 g/mol. The van der Waals surface area contributed by atoms with Gasteiger partial charge in [0.15, 0.2) is 0 Å². The third-order valence-electron chi connectivity index (χ3n) is 6.22. The second-order valence-corrected chi connectivity index (χ2v) is 7.90. The Balaban J connectivity index is 1.44. The summed E-state index contributed by atoms with van der Waals surface area (Å²) in [5.74, 6) is 1.30. The summed E-state index contributed by atoms with van der Waals surface area (Å²) in [7, 11) is 1.54. The summed E-state index contributed by atoms with van der Waals surface area (Å²) < 4.78 is 6.90.